The highest BCUT2D eigenvalue weighted by Crippen LogP contribution is 2.35. The zero-order chi connectivity index (χ0) is 15.0. The Morgan fingerprint density at radius 2 is 1.86 bits per heavy atom. The maximum absolute atomic E-state index is 6.22. The maximum Gasteiger partial charge on any atom is 0.188 e. The molecule has 1 aromatic heterocycles. The second-order valence-electron chi connectivity index (χ2n) is 4.26. The molecule has 106 valence electrons. The van der Waals surface area contributed by atoms with Gasteiger partial charge in [0.15, 0.2) is 5.82 Å². The van der Waals surface area contributed by atoms with Crippen molar-refractivity contribution in [2.24, 2.45) is 0 Å². The normalized spacial score (nSPS) is 10.8. The van der Waals surface area contributed by atoms with Gasteiger partial charge in [0.05, 0.1) is 15.7 Å². The van der Waals surface area contributed by atoms with Gasteiger partial charge in [0.1, 0.15) is 0 Å². The molecule has 0 radical (unpaired) electrons. The van der Waals surface area contributed by atoms with E-state index in [1.807, 2.05) is 6.07 Å². The first-order chi connectivity index (χ1) is 10.1. The van der Waals surface area contributed by atoms with Crippen LogP contribution in [0.2, 0.25) is 15.1 Å². The fourth-order valence-corrected chi connectivity index (χ4v) is 2.52. The molecular weight excluding hydrogens is 333 g/mol. The zero-order valence-electron chi connectivity index (χ0n) is 10.5. The number of aromatic nitrogens is 4. The van der Waals surface area contributed by atoms with Crippen molar-refractivity contribution >= 4 is 40.5 Å². The van der Waals surface area contributed by atoms with Gasteiger partial charge in [-0.3, -0.25) is 0 Å². The van der Waals surface area contributed by atoms with Gasteiger partial charge in [-0.15, -0.1) is 5.10 Å². The van der Waals surface area contributed by atoms with Crippen LogP contribution in [0, 0.1) is 0 Å². The quantitative estimate of drug-likeness (QED) is 0.719. The molecule has 0 aliphatic heterocycles. The predicted octanol–water partition coefficient (Wildman–Crippen LogP) is 3.87. The fourth-order valence-electron chi connectivity index (χ4n) is 1.91. The first-order valence-electron chi connectivity index (χ1n) is 5.85. The highest BCUT2D eigenvalue weighted by Gasteiger charge is 2.16. The summed E-state index contributed by atoms with van der Waals surface area (Å²) in [5, 5.41) is 12.9. The third kappa shape index (κ3) is 2.68. The number of nitrogens with two attached hydrogens (primary N) is 1. The van der Waals surface area contributed by atoms with Crippen LogP contribution in [-0.4, -0.2) is 20.2 Å². The van der Waals surface area contributed by atoms with Crippen molar-refractivity contribution in [3.8, 4) is 17.1 Å². The maximum atomic E-state index is 6.22. The van der Waals surface area contributed by atoms with Gasteiger partial charge >= 0.3 is 0 Å². The third-order valence-corrected chi connectivity index (χ3v) is 3.85. The molecule has 3 rings (SSSR count). The minimum absolute atomic E-state index is 0.337. The van der Waals surface area contributed by atoms with E-state index < -0.39 is 0 Å². The van der Waals surface area contributed by atoms with Gasteiger partial charge in [0.2, 0.25) is 0 Å². The molecule has 1 heterocycles. The van der Waals surface area contributed by atoms with Gasteiger partial charge in [-0.2, -0.15) is 4.68 Å². The van der Waals surface area contributed by atoms with Crippen molar-refractivity contribution in [3.05, 3.63) is 51.5 Å². The summed E-state index contributed by atoms with van der Waals surface area (Å²) < 4.78 is 1.52. The molecule has 0 unspecified atom stereocenters. The summed E-state index contributed by atoms with van der Waals surface area (Å²) >= 11 is 18.3. The largest absolute Gasteiger partial charge is 0.399 e. The van der Waals surface area contributed by atoms with Crippen LogP contribution in [0.25, 0.3) is 17.1 Å². The average molecular weight is 341 g/mol. The number of nitrogens with zero attached hydrogens (tertiary/aromatic N) is 4. The molecule has 0 amide bonds. The number of nitrogen functional groups attached to an aromatic ring is 1. The van der Waals surface area contributed by atoms with Gasteiger partial charge < -0.3 is 5.73 Å². The molecule has 3 aromatic rings. The van der Waals surface area contributed by atoms with Crippen molar-refractivity contribution in [1.29, 1.82) is 0 Å². The van der Waals surface area contributed by atoms with Crippen LogP contribution in [0.4, 0.5) is 5.69 Å². The second-order valence-corrected chi connectivity index (χ2v) is 5.48. The molecule has 0 bridgehead atoms. The Morgan fingerprint density at radius 1 is 1.05 bits per heavy atom. The lowest BCUT2D eigenvalue weighted by atomic mass is 10.2. The number of benzene rings is 2. The zero-order valence-corrected chi connectivity index (χ0v) is 12.7. The van der Waals surface area contributed by atoms with E-state index in [0.29, 0.717) is 37.8 Å². The molecular formula is C13H8Cl3N5. The van der Waals surface area contributed by atoms with Gasteiger partial charge in [-0.25, -0.2) is 0 Å². The molecule has 0 aliphatic rings. The van der Waals surface area contributed by atoms with Gasteiger partial charge in [0, 0.05) is 16.3 Å². The summed E-state index contributed by atoms with van der Waals surface area (Å²) in [6.07, 6.45) is 0. The van der Waals surface area contributed by atoms with Crippen LogP contribution < -0.4 is 5.73 Å². The van der Waals surface area contributed by atoms with Gasteiger partial charge in [0.25, 0.3) is 0 Å². The molecule has 0 spiro atoms. The molecule has 0 saturated carbocycles. The monoisotopic (exact) mass is 339 g/mol. The second kappa shape index (κ2) is 5.52. The van der Waals surface area contributed by atoms with E-state index in [4.69, 9.17) is 40.5 Å². The summed E-state index contributed by atoms with van der Waals surface area (Å²) in [5.74, 6) is 0.427. The third-order valence-electron chi connectivity index (χ3n) is 2.81. The molecule has 2 aromatic carbocycles. The number of halogens is 3. The lowest BCUT2D eigenvalue weighted by molar-refractivity contribution is 0.791. The van der Waals surface area contributed by atoms with Gasteiger partial charge in [-0.1, -0.05) is 40.9 Å². The highest BCUT2D eigenvalue weighted by atomic mass is 35.5. The topological polar surface area (TPSA) is 69.6 Å². The minimum atomic E-state index is 0.337. The average Bonchev–Trinajstić information content (AvgIpc) is 2.92. The molecule has 0 fully saturated rings. The number of rotatable bonds is 2. The Labute approximate surface area is 135 Å². The minimum Gasteiger partial charge on any atom is -0.399 e. The highest BCUT2D eigenvalue weighted by molar-refractivity contribution is 6.43. The van der Waals surface area contributed by atoms with Crippen LogP contribution in [0.1, 0.15) is 0 Å². The van der Waals surface area contributed by atoms with Crippen LogP contribution in [0.3, 0.4) is 0 Å². The van der Waals surface area contributed by atoms with Crippen molar-refractivity contribution < 1.29 is 0 Å². The van der Waals surface area contributed by atoms with Crippen molar-refractivity contribution in [3.63, 3.8) is 0 Å². The van der Waals surface area contributed by atoms with E-state index in [-0.39, 0.29) is 0 Å². The molecule has 5 nitrogen and oxygen atoms in total. The first kappa shape index (κ1) is 14.1. The lowest BCUT2D eigenvalue weighted by Crippen LogP contribution is -2.01. The van der Waals surface area contributed by atoms with E-state index in [1.165, 1.54) is 4.68 Å². The Bertz CT molecular complexity index is 815. The van der Waals surface area contributed by atoms with Gasteiger partial charge in [-0.05, 0) is 40.8 Å². The SMILES string of the molecule is Nc1cc(Cl)c(Cl)c(-c2nnnn2-c2cccc(Cl)c2)c1. The number of hydrogen-bond donors (Lipinski definition) is 1. The molecule has 8 heteroatoms. The summed E-state index contributed by atoms with van der Waals surface area (Å²) in [4.78, 5) is 0. The van der Waals surface area contributed by atoms with E-state index in [0.717, 1.165) is 0 Å². The number of hydrogen-bond acceptors (Lipinski definition) is 4. The molecule has 0 saturated heterocycles. The number of tetrazole rings is 1. The standard InChI is InChI=1S/C13H8Cl3N5/c14-7-2-1-3-9(4-7)21-13(18-19-20-21)10-5-8(17)6-11(15)12(10)16/h1-6H,17H2. The summed E-state index contributed by atoms with van der Waals surface area (Å²) in [5.41, 5.74) is 7.53. The molecule has 2 N–H and O–H groups in total. The van der Waals surface area contributed by atoms with Crippen molar-refractivity contribution in [1.82, 2.24) is 20.2 Å². The van der Waals surface area contributed by atoms with Crippen molar-refractivity contribution in [2.45, 2.75) is 0 Å². The molecule has 0 atom stereocenters. The van der Waals surface area contributed by atoms with E-state index in [2.05, 4.69) is 15.5 Å². The van der Waals surface area contributed by atoms with E-state index >= 15 is 0 Å². The molecule has 0 aliphatic carbocycles. The van der Waals surface area contributed by atoms with Crippen LogP contribution in [-0.2, 0) is 0 Å². The fraction of sp³-hybridized carbons (Fsp3) is 0. The lowest BCUT2D eigenvalue weighted by Gasteiger charge is -2.08. The predicted molar refractivity (Wildman–Crippen MR) is 84.0 cm³/mol. The Hall–Kier alpha value is -1.82. The van der Waals surface area contributed by atoms with Crippen LogP contribution >= 0.6 is 34.8 Å². The summed E-state index contributed by atoms with van der Waals surface area (Å²) in [6, 6.07) is 10.4. The number of anilines is 1. The van der Waals surface area contributed by atoms with Crippen LogP contribution in [0.15, 0.2) is 36.4 Å². The van der Waals surface area contributed by atoms with E-state index in [9.17, 15) is 0 Å². The summed E-state index contributed by atoms with van der Waals surface area (Å²) in [6.45, 7) is 0. The van der Waals surface area contributed by atoms with Crippen molar-refractivity contribution in [2.75, 3.05) is 5.73 Å². The Balaban J connectivity index is 2.20. The smallest absolute Gasteiger partial charge is 0.188 e. The Morgan fingerprint density at radius 3 is 2.62 bits per heavy atom. The Kier molecular flexibility index (Phi) is 3.71. The van der Waals surface area contributed by atoms with Crippen LogP contribution in [0.5, 0.6) is 0 Å². The molecule has 21 heavy (non-hydrogen) atoms. The first-order valence-corrected chi connectivity index (χ1v) is 6.99. The summed E-state index contributed by atoms with van der Waals surface area (Å²) in [7, 11) is 0. The van der Waals surface area contributed by atoms with E-state index in [1.54, 1.807) is 30.3 Å².